The molecular weight excluding hydrogens is 338 g/mol. The fourth-order valence-electron chi connectivity index (χ4n) is 3.96. The number of aryl methyl sites for hydroxylation is 1. The summed E-state index contributed by atoms with van der Waals surface area (Å²) in [6, 6.07) is 6.47. The summed E-state index contributed by atoms with van der Waals surface area (Å²) < 4.78 is 1.95. The van der Waals surface area contributed by atoms with E-state index >= 15 is 0 Å². The number of pyridine rings is 1. The van der Waals surface area contributed by atoms with Crippen LogP contribution < -0.4 is 0 Å². The van der Waals surface area contributed by atoms with Crippen LogP contribution >= 0.6 is 0 Å². The average Bonchev–Trinajstić information content (AvgIpc) is 3.05. The van der Waals surface area contributed by atoms with Crippen LogP contribution in [-0.2, 0) is 6.54 Å². The number of carbonyl (C=O) groups excluding carboxylic acids is 1. The molecule has 0 radical (unpaired) electrons. The van der Waals surface area contributed by atoms with E-state index in [2.05, 4.69) is 41.8 Å². The molecule has 2 aromatic rings. The van der Waals surface area contributed by atoms with Gasteiger partial charge in [0.15, 0.2) is 0 Å². The van der Waals surface area contributed by atoms with Crippen molar-refractivity contribution in [2.45, 2.75) is 59.2 Å². The molecule has 6 heteroatoms. The minimum atomic E-state index is 0.107. The lowest BCUT2D eigenvalue weighted by molar-refractivity contribution is 0.0461. The van der Waals surface area contributed by atoms with Gasteiger partial charge in [0, 0.05) is 44.6 Å². The first kappa shape index (κ1) is 19.5. The standard InChI is InChI=1S/C21H31N5O/c1-5-19(6-2)26-20(12-16(3)23-26)21(27)25-11-10-24(14-17(25)4)15-18-8-7-9-22-13-18/h7-9,12-13,17,19H,5-6,10-11,14-15H2,1-4H3. The smallest absolute Gasteiger partial charge is 0.272 e. The van der Waals surface area contributed by atoms with Crippen molar-refractivity contribution in [3.8, 4) is 0 Å². The number of rotatable bonds is 6. The van der Waals surface area contributed by atoms with E-state index in [1.165, 1.54) is 5.56 Å². The van der Waals surface area contributed by atoms with Crippen molar-refractivity contribution >= 4 is 5.91 Å². The van der Waals surface area contributed by atoms with Crippen molar-refractivity contribution in [1.82, 2.24) is 24.6 Å². The molecule has 0 aliphatic carbocycles. The number of hydrogen-bond donors (Lipinski definition) is 0. The molecule has 0 bridgehead atoms. The molecule has 1 amide bonds. The van der Waals surface area contributed by atoms with E-state index in [4.69, 9.17) is 0 Å². The summed E-state index contributed by atoms with van der Waals surface area (Å²) >= 11 is 0. The largest absolute Gasteiger partial charge is 0.332 e. The Hall–Kier alpha value is -2.21. The van der Waals surface area contributed by atoms with E-state index in [0.29, 0.717) is 0 Å². The summed E-state index contributed by atoms with van der Waals surface area (Å²) in [5, 5.41) is 4.62. The van der Waals surface area contributed by atoms with E-state index in [1.54, 1.807) is 6.20 Å². The summed E-state index contributed by atoms with van der Waals surface area (Å²) in [6.07, 6.45) is 5.67. The minimum absolute atomic E-state index is 0.107. The molecule has 27 heavy (non-hydrogen) atoms. The molecule has 1 atom stereocenters. The van der Waals surface area contributed by atoms with Gasteiger partial charge in [0.2, 0.25) is 0 Å². The van der Waals surface area contributed by atoms with Crippen LogP contribution in [0.5, 0.6) is 0 Å². The highest BCUT2D eigenvalue weighted by Gasteiger charge is 2.31. The zero-order chi connectivity index (χ0) is 19.4. The number of nitrogens with zero attached hydrogens (tertiary/aromatic N) is 5. The van der Waals surface area contributed by atoms with Crippen molar-refractivity contribution in [3.05, 3.63) is 47.5 Å². The predicted molar refractivity (Wildman–Crippen MR) is 107 cm³/mol. The normalized spacial score (nSPS) is 18.3. The zero-order valence-corrected chi connectivity index (χ0v) is 16.9. The lowest BCUT2D eigenvalue weighted by atomic mass is 10.1. The molecule has 2 aromatic heterocycles. The Morgan fingerprint density at radius 3 is 2.70 bits per heavy atom. The molecule has 146 valence electrons. The molecule has 0 aromatic carbocycles. The number of hydrogen-bond acceptors (Lipinski definition) is 4. The van der Waals surface area contributed by atoms with Gasteiger partial charge in [0.1, 0.15) is 5.69 Å². The lowest BCUT2D eigenvalue weighted by Crippen LogP contribution is -2.54. The lowest BCUT2D eigenvalue weighted by Gasteiger charge is -2.40. The molecule has 0 spiro atoms. The molecule has 6 nitrogen and oxygen atoms in total. The fraction of sp³-hybridized carbons (Fsp3) is 0.571. The van der Waals surface area contributed by atoms with Gasteiger partial charge in [0.05, 0.1) is 11.7 Å². The molecule has 1 saturated heterocycles. The van der Waals surface area contributed by atoms with Gasteiger partial charge in [-0.3, -0.25) is 19.4 Å². The van der Waals surface area contributed by atoms with Gasteiger partial charge in [-0.15, -0.1) is 0 Å². The van der Waals surface area contributed by atoms with Crippen LogP contribution in [0, 0.1) is 6.92 Å². The third-order valence-electron chi connectivity index (χ3n) is 5.47. The summed E-state index contributed by atoms with van der Waals surface area (Å²) in [5.41, 5.74) is 2.86. The van der Waals surface area contributed by atoms with Gasteiger partial charge >= 0.3 is 0 Å². The molecule has 1 unspecified atom stereocenters. The summed E-state index contributed by atoms with van der Waals surface area (Å²) in [5.74, 6) is 0.107. The molecule has 1 aliphatic rings. The SMILES string of the molecule is CCC(CC)n1nc(C)cc1C(=O)N1CCN(Cc2cccnc2)CC1C. The van der Waals surface area contributed by atoms with Gasteiger partial charge in [-0.25, -0.2) is 0 Å². The topological polar surface area (TPSA) is 54.3 Å². The maximum absolute atomic E-state index is 13.3. The van der Waals surface area contributed by atoms with Crippen molar-refractivity contribution < 1.29 is 4.79 Å². The summed E-state index contributed by atoms with van der Waals surface area (Å²) in [7, 11) is 0. The van der Waals surface area contributed by atoms with Gasteiger partial charge in [0.25, 0.3) is 5.91 Å². The fourth-order valence-corrected chi connectivity index (χ4v) is 3.96. The summed E-state index contributed by atoms with van der Waals surface area (Å²) in [4.78, 5) is 21.9. The number of amides is 1. The molecule has 3 rings (SSSR count). The molecule has 0 N–H and O–H groups in total. The Kier molecular flexibility index (Phi) is 6.26. The molecule has 0 saturated carbocycles. The number of piperazine rings is 1. The van der Waals surface area contributed by atoms with Crippen LogP contribution in [0.1, 0.15) is 61.4 Å². The number of aromatic nitrogens is 3. The monoisotopic (exact) mass is 369 g/mol. The van der Waals surface area contributed by atoms with Crippen LogP contribution in [0.3, 0.4) is 0 Å². The van der Waals surface area contributed by atoms with Crippen molar-refractivity contribution in [3.63, 3.8) is 0 Å². The first-order valence-corrected chi connectivity index (χ1v) is 10.0. The van der Waals surface area contributed by atoms with Crippen LogP contribution in [0.2, 0.25) is 0 Å². The van der Waals surface area contributed by atoms with E-state index in [1.807, 2.05) is 34.8 Å². The first-order chi connectivity index (χ1) is 13.0. The van der Waals surface area contributed by atoms with Crippen molar-refractivity contribution in [1.29, 1.82) is 0 Å². The Morgan fingerprint density at radius 1 is 1.30 bits per heavy atom. The van der Waals surface area contributed by atoms with Crippen molar-refractivity contribution in [2.75, 3.05) is 19.6 Å². The van der Waals surface area contributed by atoms with Gasteiger partial charge in [-0.1, -0.05) is 19.9 Å². The second-order valence-corrected chi connectivity index (χ2v) is 7.53. The van der Waals surface area contributed by atoms with Crippen LogP contribution in [0.25, 0.3) is 0 Å². The maximum Gasteiger partial charge on any atom is 0.272 e. The quantitative estimate of drug-likeness (QED) is 0.784. The van der Waals surface area contributed by atoms with Gasteiger partial charge < -0.3 is 4.90 Å². The predicted octanol–water partition coefficient (Wildman–Crippen LogP) is 3.29. The van der Waals surface area contributed by atoms with Crippen LogP contribution in [-0.4, -0.2) is 56.1 Å². The van der Waals surface area contributed by atoms with Gasteiger partial charge in [-0.05, 0) is 44.4 Å². The number of carbonyl (C=O) groups is 1. The van der Waals surface area contributed by atoms with Crippen molar-refractivity contribution in [2.24, 2.45) is 0 Å². The highest BCUT2D eigenvalue weighted by Crippen LogP contribution is 2.22. The molecular formula is C21H31N5O. The van der Waals surface area contributed by atoms with E-state index in [0.717, 1.165) is 50.4 Å². The zero-order valence-electron chi connectivity index (χ0n) is 16.9. The third kappa shape index (κ3) is 4.38. The van der Waals surface area contributed by atoms with Crippen LogP contribution in [0.15, 0.2) is 30.6 Å². The highest BCUT2D eigenvalue weighted by molar-refractivity contribution is 5.93. The first-order valence-electron chi connectivity index (χ1n) is 10.0. The Balaban J connectivity index is 1.70. The van der Waals surface area contributed by atoms with Crippen LogP contribution in [0.4, 0.5) is 0 Å². The summed E-state index contributed by atoms with van der Waals surface area (Å²) in [6.45, 7) is 11.8. The minimum Gasteiger partial charge on any atom is -0.332 e. The molecule has 3 heterocycles. The van der Waals surface area contributed by atoms with E-state index in [9.17, 15) is 4.79 Å². The van der Waals surface area contributed by atoms with E-state index in [-0.39, 0.29) is 18.0 Å². The highest BCUT2D eigenvalue weighted by atomic mass is 16.2. The third-order valence-corrected chi connectivity index (χ3v) is 5.47. The average molecular weight is 370 g/mol. The Morgan fingerprint density at radius 2 is 2.07 bits per heavy atom. The Labute approximate surface area is 162 Å². The van der Waals surface area contributed by atoms with Gasteiger partial charge in [-0.2, -0.15) is 5.10 Å². The molecule has 1 aliphatic heterocycles. The molecule has 1 fully saturated rings. The Bertz CT molecular complexity index is 753. The maximum atomic E-state index is 13.3. The second-order valence-electron chi connectivity index (χ2n) is 7.53. The second kappa shape index (κ2) is 8.65. The van der Waals surface area contributed by atoms with E-state index < -0.39 is 0 Å².